The summed E-state index contributed by atoms with van der Waals surface area (Å²) in [6, 6.07) is 7.47. The van der Waals surface area contributed by atoms with E-state index in [-0.39, 0.29) is 12.3 Å². The molecule has 20 heavy (non-hydrogen) atoms. The summed E-state index contributed by atoms with van der Waals surface area (Å²) in [7, 11) is 1.59. The molecule has 2 N–H and O–H groups in total. The molecule has 2 rings (SSSR count). The van der Waals surface area contributed by atoms with Crippen molar-refractivity contribution in [3.63, 3.8) is 0 Å². The first-order valence-corrected chi connectivity index (χ1v) is 6.47. The zero-order chi connectivity index (χ0) is 14.7. The molecule has 0 fully saturated rings. The van der Waals surface area contributed by atoms with E-state index in [0.717, 1.165) is 11.4 Å². The van der Waals surface area contributed by atoms with Crippen molar-refractivity contribution in [1.29, 1.82) is 0 Å². The minimum atomic E-state index is -0.889. The van der Waals surface area contributed by atoms with E-state index in [0.29, 0.717) is 17.1 Å². The number of para-hydroxylation sites is 1. The third-order valence-electron chi connectivity index (χ3n) is 3.03. The van der Waals surface area contributed by atoms with Crippen LogP contribution in [-0.2, 0) is 11.2 Å². The molecule has 0 saturated heterocycles. The molecule has 1 aromatic heterocycles. The number of methoxy groups -OCH3 is 1. The Morgan fingerprint density at radius 3 is 2.70 bits per heavy atom. The summed E-state index contributed by atoms with van der Waals surface area (Å²) in [5.41, 5.74) is 2.05. The van der Waals surface area contributed by atoms with Crippen LogP contribution in [0.3, 0.4) is 0 Å². The molecule has 1 aromatic carbocycles. The van der Waals surface area contributed by atoms with E-state index < -0.39 is 5.97 Å². The van der Waals surface area contributed by atoms with E-state index in [1.807, 2.05) is 38.1 Å². The number of nitrogens with one attached hydrogen (secondary N) is 1. The second-order valence-electron chi connectivity index (χ2n) is 4.87. The number of ether oxygens (including phenoxy) is 1. The number of carboxylic acid groups (broad SMARTS) is 1. The van der Waals surface area contributed by atoms with Gasteiger partial charge in [-0.2, -0.15) is 0 Å². The fourth-order valence-electron chi connectivity index (χ4n) is 2.05. The molecule has 5 heteroatoms. The van der Waals surface area contributed by atoms with Crippen LogP contribution >= 0.6 is 0 Å². The van der Waals surface area contributed by atoms with E-state index in [9.17, 15) is 4.79 Å². The van der Waals surface area contributed by atoms with E-state index in [4.69, 9.17) is 9.84 Å². The lowest BCUT2D eigenvalue weighted by Gasteiger charge is -2.07. The lowest BCUT2D eigenvalue weighted by atomic mass is 10.1. The lowest BCUT2D eigenvalue weighted by Crippen LogP contribution is -2.02. The molecule has 106 valence electrons. The monoisotopic (exact) mass is 274 g/mol. The smallest absolute Gasteiger partial charge is 0.309 e. The molecule has 0 aliphatic rings. The van der Waals surface area contributed by atoms with Crippen molar-refractivity contribution in [2.45, 2.75) is 26.2 Å². The number of aromatic amines is 1. The Morgan fingerprint density at radius 1 is 1.40 bits per heavy atom. The van der Waals surface area contributed by atoms with Crippen molar-refractivity contribution < 1.29 is 14.6 Å². The van der Waals surface area contributed by atoms with Gasteiger partial charge >= 0.3 is 5.97 Å². The number of benzene rings is 1. The fraction of sp³-hybridized carbons (Fsp3) is 0.333. The summed E-state index contributed by atoms with van der Waals surface area (Å²) >= 11 is 0. The first-order valence-electron chi connectivity index (χ1n) is 6.47. The summed E-state index contributed by atoms with van der Waals surface area (Å²) in [6.07, 6.45) is -0.0902. The lowest BCUT2D eigenvalue weighted by molar-refractivity contribution is -0.136. The maximum absolute atomic E-state index is 11.0. The number of hydrogen-bond donors (Lipinski definition) is 2. The highest BCUT2D eigenvalue weighted by Crippen LogP contribution is 2.32. The van der Waals surface area contributed by atoms with Gasteiger partial charge in [-0.1, -0.05) is 26.0 Å². The van der Waals surface area contributed by atoms with Crippen LogP contribution in [0.5, 0.6) is 5.75 Å². The van der Waals surface area contributed by atoms with Gasteiger partial charge in [0, 0.05) is 11.5 Å². The average Bonchev–Trinajstić information content (AvgIpc) is 2.81. The van der Waals surface area contributed by atoms with Crippen LogP contribution in [0.4, 0.5) is 0 Å². The second-order valence-corrected chi connectivity index (χ2v) is 4.87. The standard InChI is InChI=1S/C15H18N2O3/c1-9(2)15-16-11(8-13(18)19)14(17-15)10-6-4-5-7-12(10)20-3/h4-7,9H,8H2,1-3H3,(H,16,17)(H,18,19). The van der Waals surface area contributed by atoms with Gasteiger partial charge in [-0.15, -0.1) is 0 Å². The Hall–Kier alpha value is -2.30. The molecule has 0 spiro atoms. The number of nitrogens with zero attached hydrogens (tertiary/aromatic N) is 1. The van der Waals surface area contributed by atoms with Crippen LogP contribution in [0, 0.1) is 0 Å². The Morgan fingerprint density at radius 2 is 2.10 bits per heavy atom. The van der Waals surface area contributed by atoms with Crippen molar-refractivity contribution in [2.75, 3.05) is 7.11 Å². The van der Waals surface area contributed by atoms with Crippen molar-refractivity contribution in [2.24, 2.45) is 0 Å². The molecule has 1 heterocycles. The van der Waals surface area contributed by atoms with Gasteiger partial charge in [0.2, 0.25) is 0 Å². The number of aliphatic carboxylic acids is 1. The number of aromatic nitrogens is 2. The molecular formula is C15H18N2O3. The Kier molecular flexibility index (Phi) is 4.08. The van der Waals surface area contributed by atoms with Crippen molar-refractivity contribution in [1.82, 2.24) is 9.97 Å². The third-order valence-corrected chi connectivity index (χ3v) is 3.03. The topological polar surface area (TPSA) is 75.2 Å². The molecule has 0 radical (unpaired) electrons. The summed E-state index contributed by atoms with van der Waals surface area (Å²) in [4.78, 5) is 18.7. The minimum absolute atomic E-state index is 0.0902. The van der Waals surface area contributed by atoms with Crippen LogP contribution in [0.25, 0.3) is 11.3 Å². The number of imidazole rings is 1. The molecule has 0 atom stereocenters. The quantitative estimate of drug-likeness (QED) is 0.879. The first-order chi connectivity index (χ1) is 9.52. The third kappa shape index (κ3) is 2.82. The van der Waals surface area contributed by atoms with Gasteiger partial charge in [-0.3, -0.25) is 4.79 Å². The van der Waals surface area contributed by atoms with Crippen molar-refractivity contribution in [3.8, 4) is 17.0 Å². The Balaban J connectivity index is 2.56. The van der Waals surface area contributed by atoms with E-state index in [1.54, 1.807) is 7.11 Å². The maximum Gasteiger partial charge on any atom is 0.309 e. The van der Waals surface area contributed by atoms with Crippen LogP contribution in [-0.4, -0.2) is 28.2 Å². The summed E-state index contributed by atoms with van der Waals surface area (Å²) in [6.45, 7) is 4.02. The maximum atomic E-state index is 11.0. The Bertz CT molecular complexity index is 617. The molecule has 0 aliphatic heterocycles. The number of carbonyl (C=O) groups is 1. The van der Waals surface area contributed by atoms with Crippen molar-refractivity contribution in [3.05, 3.63) is 35.8 Å². The zero-order valence-corrected chi connectivity index (χ0v) is 11.8. The fourth-order valence-corrected chi connectivity index (χ4v) is 2.05. The highest BCUT2D eigenvalue weighted by atomic mass is 16.5. The van der Waals surface area contributed by atoms with Crippen LogP contribution in [0.15, 0.2) is 24.3 Å². The molecular weight excluding hydrogens is 256 g/mol. The summed E-state index contributed by atoms with van der Waals surface area (Å²) in [5, 5.41) is 9.03. The highest BCUT2D eigenvalue weighted by molar-refractivity contribution is 5.76. The number of carboxylic acids is 1. The first kappa shape index (κ1) is 14.1. The van der Waals surface area contributed by atoms with Crippen molar-refractivity contribution >= 4 is 5.97 Å². The number of hydrogen-bond acceptors (Lipinski definition) is 3. The molecule has 0 amide bonds. The normalized spacial score (nSPS) is 10.8. The average molecular weight is 274 g/mol. The largest absolute Gasteiger partial charge is 0.496 e. The van der Waals surface area contributed by atoms with Gasteiger partial charge in [-0.05, 0) is 12.1 Å². The number of rotatable bonds is 5. The zero-order valence-electron chi connectivity index (χ0n) is 11.8. The van der Waals surface area contributed by atoms with Crippen LogP contribution in [0.2, 0.25) is 0 Å². The van der Waals surface area contributed by atoms with E-state index >= 15 is 0 Å². The SMILES string of the molecule is COc1ccccc1-c1nc(C(C)C)[nH]c1CC(=O)O. The molecule has 0 aliphatic carbocycles. The van der Waals surface area contributed by atoms with Gasteiger partial charge in [0.15, 0.2) is 0 Å². The van der Waals surface area contributed by atoms with Gasteiger partial charge in [0.1, 0.15) is 11.6 Å². The van der Waals surface area contributed by atoms with E-state index in [1.165, 1.54) is 0 Å². The van der Waals surface area contributed by atoms with E-state index in [2.05, 4.69) is 9.97 Å². The summed E-state index contributed by atoms with van der Waals surface area (Å²) in [5.74, 6) is 0.772. The molecule has 0 bridgehead atoms. The van der Waals surface area contributed by atoms with Crippen LogP contribution < -0.4 is 4.74 Å². The van der Waals surface area contributed by atoms with Gasteiger partial charge in [-0.25, -0.2) is 4.98 Å². The molecule has 5 nitrogen and oxygen atoms in total. The van der Waals surface area contributed by atoms with Gasteiger partial charge < -0.3 is 14.8 Å². The van der Waals surface area contributed by atoms with Gasteiger partial charge in [0.25, 0.3) is 0 Å². The van der Waals surface area contributed by atoms with Gasteiger partial charge in [0.05, 0.1) is 24.9 Å². The predicted molar refractivity (Wildman–Crippen MR) is 76.0 cm³/mol. The molecule has 0 unspecified atom stereocenters. The molecule has 0 saturated carbocycles. The Labute approximate surface area is 117 Å². The second kappa shape index (κ2) is 5.77. The highest BCUT2D eigenvalue weighted by Gasteiger charge is 2.18. The predicted octanol–water partition coefficient (Wildman–Crippen LogP) is 2.84. The van der Waals surface area contributed by atoms with Crippen LogP contribution in [0.1, 0.15) is 31.3 Å². The molecule has 2 aromatic rings. The minimum Gasteiger partial charge on any atom is -0.496 e. The number of H-pyrrole nitrogens is 1. The summed E-state index contributed by atoms with van der Waals surface area (Å²) < 4.78 is 5.33.